The molecule has 13 heteroatoms. The molecule has 4 rings (SSSR count). The Bertz CT molecular complexity index is 1440. The first-order valence-corrected chi connectivity index (χ1v) is 14.0. The van der Waals surface area contributed by atoms with E-state index in [0.717, 1.165) is 12.1 Å². The Morgan fingerprint density at radius 1 is 0.941 bits per heavy atom. The van der Waals surface area contributed by atoms with Crippen LogP contribution in [0.15, 0.2) is 65.6 Å². The zero-order chi connectivity index (χ0) is 24.8. The van der Waals surface area contributed by atoms with Crippen LogP contribution in [0.3, 0.4) is 0 Å². The van der Waals surface area contributed by atoms with Gasteiger partial charge in [0.2, 0.25) is 5.91 Å². The van der Waals surface area contributed by atoms with Crippen LogP contribution < -0.4 is 9.21 Å². The zero-order valence-corrected chi connectivity index (χ0v) is 21.1. The van der Waals surface area contributed by atoms with E-state index in [1.54, 1.807) is 24.3 Å². The number of para-hydroxylation sites is 1. The van der Waals surface area contributed by atoms with Crippen LogP contribution in [0.5, 0.6) is 0 Å². The van der Waals surface area contributed by atoms with Crippen molar-refractivity contribution in [2.75, 3.05) is 15.5 Å². The van der Waals surface area contributed by atoms with E-state index in [0.29, 0.717) is 26.3 Å². The minimum Gasteiger partial charge on any atom is -0.323 e. The van der Waals surface area contributed by atoms with Crippen LogP contribution in [0.4, 0.5) is 17.1 Å². The second-order valence-corrected chi connectivity index (χ2v) is 12.2. The van der Waals surface area contributed by atoms with Crippen molar-refractivity contribution in [3.8, 4) is 0 Å². The maximum absolute atomic E-state index is 13.4. The summed E-state index contributed by atoms with van der Waals surface area (Å²) < 4.78 is 39.2. The molecule has 0 aliphatic carbocycles. The number of carbonyl (C=O) groups excluding carboxylic acids is 1. The Kier molecular flexibility index (Phi) is 6.74. The monoisotopic (exact) mass is 560 g/mol. The number of anilines is 3. The van der Waals surface area contributed by atoms with Gasteiger partial charge in [0, 0.05) is 10.0 Å². The Hall–Kier alpha value is -2.10. The Labute approximate surface area is 210 Å². The highest BCUT2D eigenvalue weighted by molar-refractivity contribution is 7.93. The van der Waals surface area contributed by atoms with Crippen LogP contribution in [0.25, 0.3) is 0 Å². The number of hydrogen-bond acceptors (Lipinski definition) is 4. The number of hydrogen-bond donors (Lipinski definition) is 2. The zero-order valence-electron chi connectivity index (χ0n) is 17.1. The van der Waals surface area contributed by atoms with Crippen molar-refractivity contribution in [3.63, 3.8) is 0 Å². The first-order chi connectivity index (χ1) is 15.9. The third-order valence-corrected chi connectivity index (χ3v) is 8.36. The smallest absolute Gasteiger partial charge is 0.323 e. The van der Waals surface area contributed by atoms with Gasteiger partial charge in [-0.25, -0.2) is 8.42 Å². The summed E-state index contributed by atoms with van der Waals surface area (Å²) in [7, 11) is -9.32. The minimum absolute atomic E-state index is 0.0352. The van der Waals surface area contributed by atoms with Crippen molar-refractivity contribution >= 4 is 75.4 Å². The molecule has 0 aromatic heterocycles. The molecular weight excluding hydrogens is 546 g/mol. The topological polar surface area (TPSA) is 115 Å². The van der Waals surface area contributed by atoms with Gasteiger partial charge in [-0.15, -0.1) is 0 Å². The highest BCUT2D eigenvalue weighted by atomic mass is 35.5. The van der Waals surface area contributed by atoms with E-state index in [-0.39, 0.29) is 33.0 Å². The van der Waals surface area contributed by atoms with Crippen molar-refractivity contribution in [1.82, 2.24) is 0 Å². The summed E-state index contributed by atoms with van der Waals surface area (Å²) in [6.45, 7) is 0. The highest BCUT2D eigenvalue weighted by Crippen LogP contribution is 2.43. The van der Waals surface area contributed by atoms with Gasteiger partial charge in [-0.1, -0.05) is 46.9 Å². The van der Waals surface area contributed by atoms with Gasteiger partial charge in [-0.3, -0.25) is 18.6 Å². The minimum atomic E-state index is -4.84. The van der Waals surface area contributed by atoms with Gasteiger partial charge < -0.3 is 9.79 Å². The number of halogens is 3. The van der Waals surface area contributed by atoms with Gasteiger partial charge in [0.15, 0.2) is 0 Å². The second-order valence-electron chi connectivity index (χ2n) is 7.44. The average Bonchev–Trinajstić information content (AvgIpc) is 3.05. The second kappa shape index (κ2) is 9.17. The summed E-state index contributed by atoms with van der Waals surface area (Å²) in [6, 6.07) is 14.6. The average molecular weight is 562 g/mol. The fraction of sp³-hybridized carbons (Fsp3) is 0.0952. The van der Waals surface area contributed by atoms with E-state index < -0.39 is 23.9 Å². The molecule has 0 spiro atoms. The lowest BCUT2D eigenvalue weighted by molar-refractivity contribution is -0.116. The number of fused-ring (bicyclic) bond motifs is 1. The number of benzene rings is 3. The number of nitrogens with zero attached hydrogens (tertiary/aromatic N) is 2. The molecule has 1 amide bonds. The molecule has 2 N–H and O–H groups in total. The molecule has 3 aromatic rings. The summed E-state index contributed by atoms with van der Waals surface area (Å²) in [5.41, 5.74) is 1.39. The third-order valence-electron chi connectivity index (χ3n) is 5.01. The number of sulfonamides is 1. The molecule has 0 saturated heterocycles. The van der Waals surface area contributed by atoms with Gasteiger partial charge in [-0.2, -0.15) is 0 Å². The van der Waals surface area contributed by atoms with Crippen molar-refractivity contribution in [2.24, 2.45) is 0 Å². The first-order valence-electron chi connectivity index (χ1n) is 9.61. The largest absolute Gasteiger partial charge is 0.345 e. The van der Waals surface area contributed by atoms with Crippen molar-refractivity contribution < 1.29 is 27.6 Å². The lowest BCUT2D eigenvalue weighted by Crippen LogP contribution is -2.32. The molecule has 34 heavy (non-hydrogen) atoms. The molecule has 0 atom stereocenters. The molecule has 178 valence electrons. The molecule has 1 heterocycles. The quantitative estimate of drug-likeness (QED) is 0.400. The van der Waals surface area contributed by atoms with Crippen LogP contribution in [-0.2, 0) is 25.8 Å². The van der Waals surface area contributed by atoms with E-state index in [4.69, 9.17) is 34.8 Å². The summed E-state index contributed by atoms with van der Waals surface area (Å²) in [5, 5.41) is 0.436. The van der Waals surface area contributed by atoms with E-state index in [1.165, 1.54) is 29.2 Å². The summed E-state index contributed by atoms with van der Waals surface area (Å²) in [4.78, 5) is 33.0. The Morgan fingerprint density at radius 3 is 2.21 bits per heavy atom. The standard InChI is InChI=1S/C21H16Cl3N2O6PS/c22-14-9-15(23)11-17(10-14)34(31,32)25(12-33(28,29)30)16-5-6-19-13(7-16)8-21(27)26(19)20-4-2-1-3-18(20)24/h1-7,9-11H,8,12H2,(H2,28,29,30). The number of carbonyl (C=O) groups is 1. The molecule has 0 fully saturated rings. The summed E-state index contributed by atoms with van der Waals surface area (Å²) >= 11 is 18.1. The van der Waals surface area contributed by atoms with E-state index >= 15 is 0 Å². The van der Waals surface area contributed by atoms with E-state index in [1.807, 2.05) is 0 Å². The van der Waals surface area contributed by atoms with Gasteiger partial charge in [0.05, 0.1) is 33.4 Å². The maximum atomic E-state index is 13.4. The highest BCUT2D eigenvalue weighted by Gasteiger charge is 2.35. The third kappa shape index (κ3) is 4.97. The number of amides is 1. The predicted octanol–water partition coefficient (Wildman–Crippen LogP) is 5.20. The van der Waals surface area contributed by atoms with Crippen LogP contribution in [0.1, 0.15) is 5.56 Å². The summed E-state index contributed by atoms with van der Waals surface area (Å²) in [5.74, 6) is -0.286. The first kappa shape index (κ1) is 25.0. The Morgan fingerprint density at radius 2 is 1.59 bits per heavy atom. The van der Waals surface area contributed by atoms with E-state index in [2.05, 4.69) is 0 Å². The molecular formula is C21H16Cl3N2O6PS. The fourth-order valence-corrected chi connectivity index (χ4v) is 7.26. The SMILES string of the molecule is O=C1Cc2cc(N(CP(=O)(O)O)S(=O)(=O)c3cc(Cl)cc(Cl)c3)ccc2N1c1ccccc1Cl. The van der Waals surface area contributed by atoms with Crippen LogP contribution in [0.2, 0.25) is 15.1 Å². The molecule has 1 aliphatic heterocycles. The maximum Gasteiger partial charge on any atom is 0.345 e. The van der Waals surface area contributed by atoms with Gasteiger partial charge >= 0.3 is 7.60 Å². The van der Waals surface area contributed by atoms with Crippen LogP contribution in [-0.4, -0.2) is 30.4 Å². The molecule has 1 aliphatic rings. The van der Waals surface area contributed by atoms with Crippen LogP contribution >= 0.6 is 42.4 Å². The van der Waals surface area contributed by atoms with Gasteiger partial charge in [0.1, 0.15) is 6.29 Å². The Balaban J connectivity index is 1.82. The molecule has 8 nitrogen and oxygen atoms in total. The van der Waals surface area contributed by atoms with Crippen molar-refractivity contribution in [1.29, 1.82) is 0 Å². The van der Waals surface area contributed by atoms with Crippen LogP contribution in [0, 0.1) is 0 Å². The normalized spacial score (nSPS) is 13.8. The fourth-order valence-electron chi connectivity index (χ4n) is 3.63. The molecule has 3 aromatic carbocycles. The predicted molar refractivity (Wildman–Crippen MR) is 132 cm³/mol. The molecule has 0 bridgehead atoms. The van der Waals surface area contributed by atoms with Gasteiger partial charge in [-0.05, 0) is 54.1 Å². The lowest BCUT2D eigenvalue weighted by atomic mass is 10.1. The molecule has 0 saturated carbocycles. The number of rotatable bonds is 6. The van der Waals surface area contributed by atoms with Crippen molar-refractivity contribution in [2.45, 2.75) is 11.3 Å². The van der Waals surface area contributed by atoms with E-state index in [9.17, 15) is 27.6 Å². The molecule has 0 unspecified atom stereocenters. The lowest BCUT2D eigenvalue weighted by Gasteiger charge is -2.26. The van der Waals surface area contributed by atoms with Gasteiger partial charge in [0.25, 0.3) is 10.0 Å². The molecule has 0 radical (unpaired) electrons. The van der Waals surface area contributed by atoms with Crippen molar-refractivity contribution in [3.05, 3.63) is 81.3 Å². The summed E-state index contributed by atoms with van der Waals surface area (Å²) in [6.07, 6.45) is -1.18.